The highest BCUT2D eigenvalue weighted by atomic mass is 16.5. The molecule has 0 radical (unpaired) electrons. The van der Waals surface area contributed by atoms with Crippen LogP contribution in [0.3, 0.4) is 0 Å². The lowest BCUT2D eigenvalue weighted by Gasteiger charge is -2.12. The van der Waals surface area contributed by atoms with Gasteiger partial charge in [-0.3, -0.25) is 0 Å². The Hall–Kier alpha value is -2.89. The molecule has 2 rings (SSSR count). The van der Waals surface area contributed by atoms with E-state index >= 15 is 0 Å². The maximum Gasteiger partial charge on any atom is 0.338 e. The summed E-state index contributed by atoms with van der Waals surface area (Å²) in [6.07, 6.45) is -0.188. The first-order valence-electron chi connectivity index (χ1n) is 7.99. The third-order valence-corrected chi connectivity index (χ3v) is 3.26. The number of hydrogen-bond donors (Lipinski definition) is 1. The van der Waals surface area contributed by atoms with Crippen LogP contribution >= 0.6 is 0 Å². The van der Waals surface area contributed by atoms with Crippen LogP contribution in [-0.2, 0) is 4.74 Å². The average Bonchev–Trinajstić information content (AvgIpc) is 2.60. The van der Waals surface area contributed by atoms with Crippen molar-refractivity contribution in [1.82, 2.24) is 0 Å². The van der Waals surface area contributed by atoms with E-state index in [1.165, 1.54) is 0 Å². The van der Waals surface area contributed by atoms with E-state index in [2.05, 4.69) is 0 Å². The fraction of sp³-hybridized carbons (Fsp3) is 0.316. The van der Waals surface area contributed by atoms with Crippen molar-refractivity contribution in [3.8, 4) is 17.2 Å². The molecule has 0 unspecified atom stereocenters. The number of benzene rings is 2. The minimum absolute atomic E-state index is 0.188. The minimum atomic E-state index is -0.408. The van der Waals surface area contributed by atoms with Gasteiger partial charge in [0.25, 0.3) is 0 Å². The Morgan fingerprint density at radius 2 is 1.64 bits per heavy atom. The summed E-state index contributed by atoms with van der Waals surface area (Å²) < 4.78 is 21.5. The highest BCUT2D eigenvalue weighted by Crippen LogP contribution is 2.23. The van der Waals surface area contributed by atoms with Gasteiger partial charge in [-0.15, -0.1) is 0 Å². The number of rotatable bonds is 8. The van der Waals surface area contributed by atoms with Crippen molar-refractivity contribution in [2.24, 2.45) is 0 Å². The molecule has 0 aliphatic rings. The number of nitrogen functional groups attached to an aromatic ring is 1. The zero-order chi connectivity index (χ0) is 18.2. The molecular formula is C19H23NO5. The number of nitrogens with two attached hydrogens (primary N) is 1. The van der Waals surface area contributed by atoms with Crippen LogP contribution in [0.5, 0.6) is 17.2 Å². The molecule has 2 aromatic carbocycles. The van der Waals surface area contributed by atoms with Crippen molar-refractivity contribution in [3.05, 3.63) is 48.0 Å². The average molecular weight is 345 g/mol. The zero-order valence-electron chi connectivity index (χ0n) is 14.7. The number of anilines is 1. The molecule has 134 valence electrons. The van der Waals surface area contributed by atoms with E-state index < -0.39 is 5.97 Å². The van der Waals surface area contributed by atoms with Gasteiger partial charge in [-0.2, -0.15) is 0 Å². The van der Waals surface area contributed by atoms with Gasteiger partial charge >= 0.3 is 5.97 Å². The molecule has 0 saturated carbocycles. The summed E-state index contributed by atoms with van der Waals surface area (Å²) in [5, 5.41) is 0. The van der Waals surface area contributed by atoms with E-state index in [1.54, 1.807) is 39.2 Å². The SMILES string of the molecule is COc1ccc(OCCOc2cc(C(=O)OC(C)C)ccc2N)cc1. The summed E-state index contributed by atoms with van der Waals surface area (Å²) in [4.78, 5) is 11.9. The first-order chi connectivity index (χ1) is 12.0. The molecule has 0 saturated heterocycles. The fourth-order valence-corrected chi connectivity index (χ4v) is 2.05. The summed E-state index contributed by atoms with van der Waals surface area (Å²) in [5.74, 6) is 1.50. The molecule has 0 fully saturated rings. The van der Waals surface area contributed by atoms with Gasteiger partial charge in [-0.05, 0) is 56.3 Å². The third-order valence-electron chi connectivity index (χ3n) is 3.26. The third kappa shape index (κ3) is 5.60. The molecule has 0 aromatic heterocycles. The van der Waals surface area contributed by atoms with Gasteiger partial charge in [0, 0.05) is 0 Å². The van der Waals surface area contributed by atoms with E-state index in [-0.39, 0.29) is 6.10 Å². The second-order valence-electron chi connectivity index (χ2n) is 5.58. The summed E-state index contributed by atoms with van der Waals surface area (Å²) in [6.45, 7) is 4.22. The molecule has 2 N–H and O–H groups in total. The minimum Gasteiger partial charge on any atom is -0.497 e. The molecule has 0 amide bonds. The van der Waals surface area contributed by atoms with Gasteiger partial charge in [0.05, 0.1) is 24.5 Å². The molecule has 0 aliphatic carbocycles. The lowest BCUT2D eigenvalue weighted by Crippen LogP contribution is -2.13. The predicted molar refractivity (Wildman–Crippen MR) is 95.4 cm³/mol. The highest BCUT2D eigenvalue weighted by Gasteiger charge is 2.12. The van der Waals surface area contributed by atoms with Crippen molar-refractivity contribution in [2.45, 2.75) is 20.0 Å². The first-order valence-corrected chi connectivity index (χ1v) is 7.99. The van der Waals surface area contributed by atoms with Crippen LogP contribution in [0.15, 0.2) is 42.5 Å². The normalized spacial score (nSPS) is 10.4. The van der Waals surface area contributed by atoms with Gasteiger partial charge in [-0.25, -0.2) is 4.79 Å². The van der Waals surface area contributed by atoms with Crippen LogP contribution in [0.4, 0.5) is 5.69 Å². The predicted octanol–water partition coefficient (Wildman–Crippen LogP) is 3.30. The Bertz CT molecular complexity index is 697. The number of carbonyl (C=O) groups excluding carboxylic acids is 1. The summed E-state index contributed by atoms with van der Waals surface area (Å²) in [7, 11) is 1.61. The Balaban J connectivity index is 1.88. The van der Waals surface area contributed by atoms with Crippen LogP contribution in [0.2, 0.25) is 0 Å². The highest BCUT2D eigenvalue weighted by molar-refractivity contribution is 5.90. The molecule has 0 heterocycles. The second-order valence-corrected chi connectivity index (χ2v) is 5.58. The number of hydrogen-bond acceptors (Lipinski definition) is 6. The molecule has 25 heavy (non-hydrogen) atoms. The summed E-state index contributed by atoms with van der Waals surface area (Å²) in [6, 6.07) is 12.1. The van der Waals surface area contributed by atoms with Crippen LogP contribution in [0.1, 0.15) is 24.2 Å². The Morgan fingerprint density at radius 1 is 1.00 bits per heavy atom. The lowest BCUT2D eigenvalue weighted by molar-refractivity contribution is 0.0377. The van der Waals surface area contributed by atoms with Gasteiger partial charge in [0.2, 0.25) is 0 Å². The van der Waals surface area contributed by atoms with E-state index in [0.717, 1.165) is 5.75 Å². The Morgan fingerprint density at radius 3 is 2.28 bits per heavy atom. The monoisotopic (exact) mass is 345 g/mol. The molecule has 0 spiro atoms. The topological polar surface area (TPSA) is 80.0 Å². The summed E-state index contributed by atoms with van der Waals surface area (Å²) >= 11 is 0. The molecule has 6 nitrogen and oxygen atoms in total. The van der Waals surface area contributed by atoms with E-state index in [4.69, 9.17) is 24.7 Å². The largest absolute Gasteiger partial charge is 0.497 e. The second kappa shape index (κ2) is 8.82. The molecule has 6 heteroatoms. The van der Waals surface area contributed by atoms with E-state index in [1.807, 2.05) is 24.3 Å². The Kier molecular flexibility index (Phi) is 6.51. The number of esters is 1. The van der Waals surface area contributed by atoms with E-state index in [9.17, 15) is 4.79 Å². The fourth-order valence-electron chi connectivity index (χ4n) is 2.05. The van der Waals surface area contributed by atoms with Crippen LogP contribution in [0.25, 0.3) is 0 Å². The standard InChI is InChI=1S/C19H23NO5/c1-13(2)25-19(21)14-4-9-17(20)18(12-14)24-11-10-23-16-7-5-15(22-3)6-8-16/h4-9,12-13H,10-11,20H2,1-3H3. The van der Waals surface area contributed by atoms with Gasteiger partial charge in [0.1, 0.15) is 30.5 Å². The quantitative estimate of drug-likeness (QED) is 0.449. The number of carbonyl (C=O) groups is 1. The van der Waals surface area contributed by atoms with Crippen molar-refractivity contribution < 1.29 is 23.7 Å². The first kappa shape index (κ1) is 18.4. The molecule has 0 aliphatic heterocycles. The number of ether oxygens (including phenoxy) is 4. The van der Waals surface area contributed by atoms with Crippen LogP contribution in [0, 0.1) is 0 Å². The smallest absolute Gasteiger partial charge is 0.338 e. The molecule has 0 atom stereocenters. The maximum atomic E-state index is 11.9. The van der Waals surface area contributed by atoms with Crippen molar-refractivity contribution in [3.63, 3.8) is 0 Å². The molecule has 2 aromatic rings. The van der Waals surface area contributed by atoms with Crippen LogP contribution < -0.4 is 19.9 Å². The van der Waals surface area contributed by atoms with E-state index in [0.29, 0.717) is 36.0 Å². The Labute approximate surface area is 147 Å². The molecule has 0 bridgehead atoms. The summed E-state index contributed by atoms with van der Waals surface area (Å²) in [5.41, 5.74) is 6.73. The maximum absolute atomic E-state index is 11.9. The molecular weight excluding hydrogens is 322 g/mol. The van der Waals surface area contributed by atoms with Gasteiger partial charge < -0.3 is 24.7 Å². The van der Waals surface area contributed by atoms with Gasteiger partial charge in [0.15, 0.2) is 0 Å². The van der Waals surface area contributed by atoms with Crippen molar-refractivity contribution in [1.29, 1.82) is 0 Å². The zero-order valence-corrected chi connectivity index (χ0v) is 14.7. The van der Waals surface area contributed by atoms with Crippen LogP contribution in [-0.4, -0.2) is 32.4 Å². The van der Waals surface area contributed by atoms with Gasteiger partial charge in [-0.1, -0.05) is 0 Å². The van der Waals surface area contributed by atoms with Crippen molar-refractivity contribution in [2.75, 3.05) is 26.1 Å². The number of methoxy groups -OCH3 is 1. The lowest BCUT2D eigenvalue weighted by atomic mass is 10.2. The van der Waals surface area contributed by atoms with Crippen molar-refractivity contribution >= 4 is 11.7 Å².